The Bertz CT molecular complexity index is 425. The molecule has 1 spiro atoms. The third-order valence-electron chi connectivity index (χ3n) is 4.56. The zero-order valence-electron chi connectivity index (χ0n) is 12.6. The van der Waals surface area contributed by atoms with Crippen LogP contribution in [0.5, 0.6) is 0 Å². The minimum Gasteiger partial charge on any atom is -0.277 e. The summed E-state index contributed by atoms with van der Waals surface area (Å²) in [6, 6.07) is -0.704. The van der Waals surface area contributed by atoms with Crippen LogP contribution in [0.4, 0.5) is 4.79 Å². The van der Waals surface area contributed by atoms with E-state index in [0.29, 0.717) is 18.8 Å². The van der Waals surface area contributed by atoms with Crippen LogP contribution < -0.4 is 5.32 Å². The van der Waals surface area contributed by atoms with Gasteiger partial charge in [0.2, 0.25) is 11.8 Å². The van der Waals surface area contributed by atoms with E-state index in [2.05, 4.69) is 19.2 Å². The molecule has 1 saturated heterocycles. The molecule has 2 aliphatic rings. The highest BCUT2D eigenvalue weighted by Gasteiger charge is 2.55. The van der Waals surface area contributed by atoms with E-state index in [0.717, 1.165) is 25.7 Å². The summed E-state index contributed by atoms with van der Waals surface area (Å²) in [7, 11) is 0. The van der Waals surface area contributed by atoms with Crippen molar-refractivity contribution in [2.24, 2.45) is 11.3 Å². The summed E-state index contributed by atoms with van der Waals surface area (Å²) in [5.41, 5.74) is -0.972. The molecule has 0 aromatic heterocycles. The first kappa shape index (κ1) is 15.0. The van der Waals surface area contributed by atoms with Gasteiger partial charge < -0.3 is 0 Å². The normalized spacial score (nSPS) is 23.6. The van der Waals surface area contributed by atoms with Crippen LogP contribution in [0.15, 0.2) is 0 Å². The first-order chi connectivity index (χ1) is 9.38. The van der Waals surface area contributed by atoms with Crippen molar-refractivity contribution in [3.05, 3.63) is 0 Å². The van der Waals surface area contributed by atoms with Crippen LogP contribution in [0, 0.1) is 11.3 Å². The summed E-state index contributed by atoms with van der Waals surface area (Å²) in [5, 5.41) is 2.39. The van der Waals surface area contributed by atoms with Crippen molar-refractivity contribution in [3.8, 4) is 0 Å². The molecule has 1 aliphatic carbocycles. The van der Waals surface area contributed by atoms with Crippen molar-refractivity contribution >= 4 is 17.8 Å². The van der Waals surface area contributed by atoms with E-state index in [1.807, 2.05) is 6.92 Å². The Hall–Kier alpha value is -1.39. The molecule has 1 heterocycles. The van der Waals surface area contributed by atoms with Gasteiger partial charge in [-0.3, -0.25) is 19.8 Å². The average Bonchev–Trinajstić information content (AvgIpc) is 2.85. The van der Waals surface area contributed by atoms with Crippen molar-refractivity contribution in [1.29, 1.82) is 0 Å². The van der Waals surface area contributed by atoms with Gasteiger partial charge in [-0.05, 0) is 38.5 Å². The SMILES string of the molecule is CC(C)CCC(C)N1C(=O)NC(=O)C2(CCCC2)C1=O. The second-order valence-electron chi connectivity index (χ2n) is 6.54. The largest absolute Gasteiger partial charge is 0.331 e. The Balaban J connectivity index is 2.17. The molecule has 0 radical (unpaired) electrons. The number of carbonyl (C=O) groups is 3. The van der Waals surface area contributed by atoms with Gasteiger partial charge in [0, 0.05) is 6.04 Å². The summed E-state index contributed by atoms with van der Waals surface area (Å²) in [6.07, 6.45) is 4.63. The molecule has 2 rings (SSSR count). The highest BCUT2D eigenvalue weighted by atomic mass is 16.2. The smallest absolute Gasteiger partial charge is 0.277 e. The summed E-state index contributed by atoms with van der Waals surface area (Å²) in [5.74, 6) is -0.139. The molecule has 0 bridgehead atoms. The molecule has 20 heavy (non-hydrogen) atoms. The number of urea groups is 1. The minimum atomic E-state index is -0.972. The number of barbiturate groups is 1. The number of carbonyl (C=O) groups excluding carboxylic acids is 3. The van der Waals surface area contributed by atoms with Gasteiger partial charge in [0.05, 0.1) is 0 Å². The lowest BCUT2D eigenvalue weighted by atomic mass is 9.81. The van der Waals surface area contributed by atoms with E-state index in [1.165, 1.54) is 4.90 Å². The number of hydrogen-bond donors (Lipinski definition) is 1. The zero-order valence-corrected chi connectivity index (χ0v) is 12.6. The van der Waals surface area contributed by atoms with Crippen LogP contribution in [-0.2, 0) is 9.59 Å². The van der Waals surface area contributed by atoms with Gasteiger partial charge in [-0.1, -0.05) is 26.7 Å². The van der Waals surface area contributed by atoms with Gasteiger partial charge in [-0.2, -0.15) is 0 Å². The summed E-state index contributed by atoms with van der Waals surface area (Å²) in [6.45, 7) is 6.12. The second kappa shape index (κ2) is 5.54. The third-order valence-corrected chi connectivity index (χ3v) is 4.56. The molecule has 5 nitrogen and oxygen atoms in total. The van der Waals surface area contributed by atoms with Crippen LogP contribution >= 0.6 is 0 Å². The summed E-state index contributed by atoms with van der Waals surface area (Å²) >= 11 is 0. The second-order valence-corrected chi connectivity index (χ2v) is 6.54. The van der Waals surface area contributed by atoms with Crippen LogP contribution in [0.3, 0.4) is 0 Å². The fourth-order valence-corrected chi connectivity index (χ4v) is 3.22. The highest BCUT2D eigenvalue weighted by Crippen LogP contribution is 2.42. The highest BCUT2D eigenvalue weighted by molar-refractivity contribution is 6.19. The van der Waals surface area contributed by atoms with E-state index >= 15 is 0 Å². The summed E-state index contributed by atoms with van der Waals surface area (Å²) < 4.78 is 0. The number of rotatable bonds is 4. The molecule has 5 heteroatoms. The van der Waals surface area contributed by atoms with Gasteiger partial charge in [-0.25, -0.2) is 4.79 Å². The van der Waals surface area contributed by atoms with E-state index in [4.69, 9.17) is 0 Å². The number of amides is 4. The maximum absolute atomic E-state index is 12.7. The van der Waals surface area contributed by atoms with Crippen LogP contribution in [0.2, 0.25) is 0 Å². The lowest BCUT2D eigenvalue weighted by molar-refractivity contribution is -0.152. The van der Waals surface area contributed by atoms with Gasteiger partial charge in [0.15, 0.2) is 0 Å². The van der Waals surface area contributed by atoms with Crippen molar-refractivity contribution < 1.29 is 14.4 Å². The quantitative estimate of drug-likeness (QED) is 0.804. The maximum atomic E-state index is 12.7. The number of hydrogen-bond acceptors (Lipinski definition) is 3. The Morgan fingerprint density at radius 2 is 1.70 bits per heavy atom. The van der Waals surface area contributed by atoms with Crippen LogP contribution in [0.25, 0.3) is 0 Å². The molecule has 0 aromatic rings. The van der Waals surface area contributed by atoms with E-state index in [9.17, 15) is 14.4 Å². The van der Waals surface area contributed by atoms with Gasteiger partial charge >= 0.3 is 6.03 Å². The number of nitrogens with zero attached hydrogens (tertiary/aromatic N) is 1. The minimum absolute atomic E-state index is 0.157. The first-order valence-electron chi connectivity index (χ1n) is 7.57. The fourth-order valence-electron chi connectivity index (χ4n) is 3.22. The molecule has 0 aromatic carbocycles. The van der Waals surface area contributed by atoms with E-state index in [-0.39, 0.29) is 11.9 Å². The molecular formula is C15H24N2O3. The Kier molecular flexibility index (Phi) is 4.16. The zero-order chi connectivity index (χ0) is 14.9. The van der Waals surface area contributed by atoms with Gasteiger partial charge in [0.25, 0.3) is 0 Å². The molecule has 1 atom stereocenters. The predicted molar refractivity (Wildman–Crippen MR) is 74.8 cm³/mol. The summed E-state index contributed by atoms with van der Waals surface area (Å²) in [4.78, 5) is 38.1. The standard InChI is InChI=1S/C15H24N2O3/c1-10(2)6-7-11(3)17-13(19)15(8-4-5-9-15)12(18)16-14(17)20/h10-11H,4-9H2,1-3H3,(H,16,18,20). The Morgan fingerprint density at radius 1 is 1.10 bits per heavy atom. The monoisotopic (exact) mass is 280 g/mol. The van der Waals surface area contributed by atoms with Crippen LogP contribution in [-0.4, -0.2) is 28.8 Å². The topological polar surface area (TPSA) is 66.5 Å². The number of imide groups is 2. The van der Waals surface area contributed by atoms with Crippen molar-refractivity contribution in [1.82, 2.24) is 10.2 Å². The van der Waals surface area contributed by atoms with E-state index < -0.39 is 17.4 Å². The number of nitrogens with one attached hydrogen (secondary N) is 1. The molecule has 1 saturated carbocycles. The fraction of sp³-hybridized carbons (Fsp3) is 0.800. The molecule has 2 fully saturated rings. The van der Waals surface area contributed by atoms with E-state index in [1.54, 1.807) is 0 Å². The Morgan fingerprint density at radius 3 is 2.25 bits per heavy atom. The lowest BCUT2D eigenvalue weighted by Crippen LogP contribution is -2.65. The van der Waals surface area contributed by atoms with Gasteiger partial charge in [-0.15, -0.1) is 0 Å². The van der Waals surface area contributed by atoms with Gasteiger partial charge in [0.1, 0.15) is 5.41 Å². The molecule has 1 unspecified atom stereocenters. The molecular weight excluding hydrogens is 256 g/mol. The van der Waals surface area contributed by atoms with Crippen molar-refractivity contribution in [3.63, 3.8) is 0 Å². The third kappa shape index (κ3) is 2.45. The molecule has 112 valence electrons. The lowest BCUT2D eigenvalue weighted by Gasteiger charge is -2.39. The van der Waals surface area contributed by atoms with Crippen molar-refractivity contribution in [2.45, 2.75) is 65.3 Å². The molecule has 4 amide bonds. The molecule has 1 aliphatic heterocycles. The maximum Gasteiger partial charge on any atom is 0.331 e. The molecule has 1 N–H and O–H groups in total. The van der Waals surface area contributed by atoms with Crippen molar-refractivity contribution in [2.75, 3.05) is 0 Å². The Labute approximate surface area is 120 Å². The van der Waals surface area contributed by atoms with Crippen LogP contribution in [0.1, 0.15) is 59.3 Å². The average molecular weight is 280 g/mol. The predicted octanol–water partition coefficient (Wildman–Crippen LogP) is 2.45. The first-order valence-corrected chi connectivity index (χ1v) is 7.57.